The molecule has 0 N–H and O–H groups in total. The summed E-state index contributed by atoms with van der Waals surface area (Å²) in [5.74, 6) is 0.853. The molecule has 4 heteroatoms. The molecule has 0 amide bonds. The van der Waals surface area contributed by atoms with Gasteiger partial charge >= 0.3 is 0 Å². The Morgan fingerprint density at radius 1 is 0.844 bits per heavy atom. The molecule has 32 heavy (non-hydrogen) atoms. The summed E-state index contributed by atoms with van der Waals surface area (Å²) >= 11 is 1.69. The number of hydrogen-bond acceptors (Lipinski definition) is 3. The summed E-state index contributed by atoms with van der Waals surface area (Å²) in [4.78, 5) is 4.74. The summed E-state index contributed by atoms with van der Waals surface area (Å²) in [6, 6.07) is 29.6. The van der Waals surface area contributed by atoms with Gasteiger partial charge in [0.1, 0.15) is 10.8 Å². The van der Waals surface area contributed by atoms with Crippen molar-refractivity contribution >= 4 is 11.3 Å². The van der Waals surface area contributed by atoms with Crippen molar-refractivity contribution in [1.29, 1.82) is 0 Å². The summed E-state index contributed by atoms with van der Waals surface area (Å²) in [7, 11) is 1.70. The highest BCUT2D eigenvalue weighted by atomic mass is 32.1. The van der Waals surface area contributed by atoms with Gasteiger partial charge in [0, 0.05) is 46.2 Å². The summed E-state index contributed by atoms with van der Waals surface area (Å²) in [6.45, 7) is 2.21. The quantitative estimate of drug-likeness (QED) is 0.282. The Morgan fingerprint density at radius 2 is 1.53 bits per heavy atom. The van der Waals surface area contributed by atoms with Crippen molar-refractivity contribution in [3.63, 3.8) is 0 Å². The Kier molecular flexibility index (Phi) is 5.61. The van der Waals surface area contributed by atoms with Crippen LogP contribution in [0.2, 0.25) is 0 Å². The van der Waals surface area contributed by atoms with E-state index in [1.165, 1.54) is 33.6 Å². The lowest BCUT2D eigenvalue weighted by molar-refractivity contribution is 0.414. The number of thiazole rings is 1. The average molecular weight is 437 g/mol. The Hall–Kier alpha value is -3.63. The molecule has 158 valence electrons. The average Bonchev–Trinajstić information content (AvgIpc) is 3.47. The predicted molar refractivity (Wildman–Crippen MR) is 133 cm³/mol. The molecule has 0 aliphatic carbocycles. The van der Waals surface area contributed by atoms with Crippen molar-refractivity contribution in [2.24, 2.45) is 0 Å². The Balaban J connectivity index is 1.81. The normalized spacial score (nSPS) is 10.9. The van der Waals surface area contributed by atoms with Gasteiger partial charge in [-0.1, -0.05) is 60.7 Å². The van der Waals surface area contributed by atoms with Crippen LogP contribution in [0.25, 0.3) is 27.4 Å². The van der Waals surface area contributed by atoms with Crippen molar-refractivity contribution < 1.29 is 4.74 Å². The van der Waals surface area contributed by atoms with Gasteiger partial charge in [0.25, 0.3) is 0 Å². The number of ether oxygens (including phenoxy) is 1. The smallest absolute Gasteiger partial charge is 0.125 e. The molecule has 0 bridgehead atoms. The van der Waals surface area contributed by atoms with E-state index < -0.39 is 0 Å². The van der Waals surface area contributed by atoms with Crippen molar-refractivity contribution in [3.05, 3.63) is 113 Å². The lowest BCUT2D eigenvalue weighted by Crippen LogP contribution is -2.04. The van der Waals surface area contributed by atoms with E-state index >= 15 is 0 Å². The number of methoxy groups -OCH3 is 1. The highest BCUT2D eigenvalue weighted by Crippen LogP contribution is 2.42. The fourth-order valence-electron chi connectivity index (χ4n) is 4.32. The maximum atomic E-state index is 5.40. The van der Waals surface area contributed by atoms with E-state index in [-0.39, 0.29) is 0 Å². The van der Waals surface area contributed by atoms with E-state index in [1.54, 1.807) is 18.4 Å². The first kappa shape index (κ1) is 20.3. The van der Waals surface area contributed by atoms with E-state index in [2.05, 4.69) is 89.7 Å². The molecule has 0 unspecified atom stereocenters. The largest absolute Gasteiger partial charge is 0.497 e. The van der Waals surface area contributed by atoms with Crippen LogP contribution in [0.3, 0.4) is 0 Å². The second-order valence-corrected chi connectivity index (χ2v) is 8.58. The van der Waals surface area contributed by atoms with Crippen molar-refractivity contribution in [3.8, 4) is 33.1 Å². The molecule has 0 saturated heterocycles. The Bertz CT molecular complexity index is 1310. The SMILES string of the molecule is COc1ccc(-n2c(C)c(-c3ccccc3)c(-c3nccs3)c2Cc2ccccc2)cc1. The highest BCUT2D eigenvalue weighted by molar-refractivity contribution is 7.13. The standard InChI is InChI=1S/C28H24N2OS/c1-20-26(22-11-7-4-8-12-22)27(28-29-17-18-32-28)25(19-21-9-5-3-6-10-21)30(20)23-13-15-24(31-2)16-14-23/h3-18H,19H2,1-2H3. The van der Waals surface area contributed by atoms with Crippen LogP contribution in [0.1, 0.15) is 17.0 Å². The topological polar surface area (TPSA) is 27.1 Å². The van der Waals surface area contributed by atoms with Crippen LogP contribution < -0.4 is 4.74 Å². The maximum Gasteiger partial charge on any atom is 0.125 e. The molecule has 0 aliphatic heterocycles. The van der Waals surface area contributed by atoms with Gasteiger partial charge in [-0.25, -0.2) is 4.98 Å². The lowest BCUT2D eigenvalue weighted by Gasteiger charge is -2.14. The molecule has 2 aromatic heterocycles. The summed E-state index contributed by atoms with van der Waals surface area (Å²) in [5.41, 5.74) is 8.50. The third-order valence-corrected chi connectivity index (χ3v) is 6.55. The van der Waals surface area contributed by atoms with Crippen molar-refractivity contribution in [2.45, 2.75) is 13.3 Å². The molecule has 0 saturated carbocycles. The molecule has 0 spiro atoms. The van der Waals surface area contributed by atoms with Gasteiger partial charge in [-0.3, -0.25) is 0 Å². The molecule has 0 radical (unpaired) electrons. The molecule has 5 aromatic rings. The van der Waals surface area contributed by atoms with E-state index in [9.17, 15) is 0 Å². The van der Waals surface area contributed by atoms with Gasteiger partial charge in [0.05, 0.1) is 7.11 Å². The molecule has 0 fully saturated rings. The van der Waals surface area contributed by atoms with E-state index in [0.29, 0.717) is 0 Å². The summed E-state index contributed by atoms with van der Waals surface area (Å²) in [6.07, 6.45) is 2.70. The second kappa shape index (κ2) is 8.85. The van der Waals surface area contributed by atoms with Crippen LogP contribution in [0, 0.1) is 6.92 Å². The highest BCUT2D eigenvalue weighted by Gasteiger charge is 2.25. The molecule has 3 nitrogen and oxygen atoms in total. The molecule has 2 heterocycles. The predicted octanol–water partition coefficient (Wildman–Crippen LogP) is 7.18. The van der Waals surface area contributed by atoms with Gasteiger partial charge in [0.15, 0.2) is 0 Å². The first-order valence-electron chi connectivity index (χ1n) is 10.6. The Morgan fingerprint density at radius 3 is 2.16 bits per heavy atom. The molecular weight excluding hydrogens is 412 g/mol. The maximum absolute atomic E-state index is 5.40. The number of nitrogens with zero attached hydrogens (tertiary/aromatic N) is 2. The minimum Gasteiger partial charge on any atom is -0.497 e. The third-order valence-electron chi connectivity index (χ3n) is 5.76. The van der Waals surface area contributed by atoms with Crippen LogP contribution in [-0.4, -0.2) is 16.7 Å². The van der Waals surface area contributed by atoms with E-state index in [1.807, 2.05) is 18.3 Å². The molecule has 0 atom stereocenters. The fraction of sp³-hybridized carbons (Fsp3) is 0.107. The van der Waals surface area contributed by atoms with Crippen LogP contribution in [-0.2, 0) is 6.42 Å². The third kappa shape index (κ3) is 3.74. The number of rotatable bonds is 6. The minimum atomic E-state index is 0.815. The van der Waals surface area contributed by atoms with Crippen LogP contribution in [0.5, 0.6) is 5.75 Å². The van der Waals surface area contributed by atoms with Gasteiger partial charge in [-0.2, -0.15) is 0 Å². The van der Waals surface area contributed by atoms with Crippen molar-refractivity contribution in [2.75, 3.05) is 7.11 Å². The first-order chi connectivity index (χ1) is 15.8. The lowest BCUT2D eigenvalue weighted by atomic mass is 9.98. The van der Waals surface area contributed by atoms with Gasteiger partial charge in [-0.15, -0.1) is 11.3 Å². The molecule has 5 rings (SSSR count). The van der Waals surface area contributed by atoms with Gasteiger partial charge in [-0.05, 0) is 42.3 Å². The zero-order valence-electron chi connectivity index (χ0n) is 18.2. The first-order valence-corrected chi connectivity index (χ1v) is 11.5. The summed E-state index contributed by atoms with van der Waals surface area (Å²) in [5, 5.41) is 3.10. The zero-order valence-corrected chi connectivity index (χ0v) is 19.0. The number of hydrogen-bond donors (Lipinski definition) is 0. The number of benzene rings is 3. The molecule has 3 aromatic carbocycles. The summed E-state index contributed by atoms with van der Waals surface area (Å²) < 4.78 is 7.78. The second-order valence-electron chi connectivity index (χ2n) is 7.68. The molecule has 0 aliphatic rings. The van der Waals surface area contributed by atoms with Crippen LogP contribution in [0.15, 0.2) is 96.5 Å². The fourth-order valence-corrected chi connectivity index (χ4v) is 5.03. The van der Waals surface area contributed by atoms with E-state index in [0.717, 1.165) is 22.9 Å². The number of aromatic nitrogens is 2. The minimum absolute atomic E-state index is 0.815. The molecular formula is C28H24N2OS. The van der Waals surface area contributed by atoms with Gasteiger partial charge < -0.3 is 9.30 Å². The van der Waals surface area contributed by atoms with Gasteiger partial charge in [0.2, 0.25) is 0 Å². The van der Waals surface area contributed by atoms with Crippen LogP contribution >= 0.6 is 11.3 Å². The zero-order chi connectivity index (χ0) is 21.9. The van der Waals surface area contributed by atoms with Crippen LogP contribution in [0.4, 0.5) is 0 Å². The van der Waals surface area contributed by atoms with Crippen molar-refractivity contribution in [1.82, 2.24) is 9.55 Å². The monoisotopic (exact) mass is 436 g/mol. The van der Waals surface area contributed by atoms with E-state index in [4.69, 9.17) is 9.72 Å². The Labute approximate surface area is 192 Å².